The van der Waals surface area contributed by atoms with E-state index in [1.165, 1.54) is 6.20 Å². The van der Waals surface area contributed by atoms with Gasteiger partial charge < -0.3 is 10.6 Å². The number of anilines is 1. The lowest BCUT2D eigenvalue weighted by atomic mass is 10.3. The van der Waals surface area contributed by atoms with Gasteiger partial charge in [-0.2, -0.15) is 5.10 Å². The van der Waals surface area contributed by atoms with Crippen molar-refractivity contribution in [1.82, 2.24) is 19.7 Å². The van der Waals surface area contributed by atoms with Gasteiger partial charge in [0, 0.05) is 31.2 Å². The molecule has 104 valence electrons. The number of hydrogen-bond acceptors (Lipinski definition) is 5. The largest absolute Gasteiger partial charge is 0.366 e. The third-order valence-corrected chi connectivity index (χ3v) is 3.49. The molecule has 1 saturated heterocycles. The van der Waals surface area contributed by atoms with E-state index >= 15 is 0 Å². The second-order valence-corrected chi connectivity index (χ2v) is 4.96. The fraction of sp³-hybridized carbons (Fsp3) is 0.385. The average Bonchev–Trinajstić information content (AvgIpc) is 3.08. The van der Waals surface area contributed by atoms with Gasteiger partial charge in [0.05, 0.1) is 17.8 Å². The van der Waals surface area contributed by atoms with Gasteiger partial charge in [-0.1, -0.05) is 0 Å². The molecule has 0 saturated carbocycles. The Morgan fingerprint density at radius 1 is 1.50 bits per heavy atom. The van der Waals surface area contributed by atoms with Crippen LogP contribution in [0, 0.1) is 6.92 Å². The standard InChI is InChI=1S/C13H16N6O/c1-9-2-4-15-13(17-9)18-5-3-11(8-18)19-7-10(6-16-19)12(14)20/h2,4,6-7,11H,3,5,8H2,1H3,(H2,14,20). The van der Waals surface area contributed by atoms with Gasteiger partial charge in [0.15, 0.2) is 0 Å². The molecule has 1 atom stereocenters. The van der Waals surface area contributed by atoms with Crippen LogP contribution < -0.4 is 10.6 Å². The number of rotatable bonds is 3. The first kappa shape index (κ1) is 12.6. The minimum atomic E-state index is -0.451. The maximum atomic E-state index is 11.1. The molecule has 1 unspecified atom stereocenters. The molecule has 1 aliphatic rings. The van der Waals surface area contributed by atoms with Crippen LogP contribution in [0.3, 0.4) is 0 Å². The van der Waals surface area contributed by atoms with Crippen LogP contribution in [0.25, 0.3) is 0 Å². The van der Waals surface area contributed by atoms with Crippen LogP contribution in [0.1, 0.15) is 28.5 Å². The highest BCUT2D eigenvalue weighted by Gasteiger charge is 2.26. The van der Waals surface area contributed by atoms with Gasteiger partial charge >= 0.3 is 0 Å². The topological polar surface area (TPSA) is 89.9 Å². The van der Waals surface area contributed by atoms with Crippen LogP contribution in [-0.4, -0.2) is 38.7 Å². The second-order valence-electron chi connectivity index (χ2n) is 4.96. The zero-order chi connectivity index (χ0) is 14.1. The van der Waals surface area contributed by atoms with E-state index in [0.29, 0.717) is 5.56 Å². The van der Waals surface area contributed by atoms with Gasteiger partial charge in [-0.25, -0.2) is 9.97 Å². The lowest BCUT2D eigenvalue weighted by Gasteiger charge is -2.16. The van der Waals surface area contributed by atoms with E-state index in [1.54, 1.807) is 17.1 Å². The Bertz CT molecular complexity index is 637. The van der Waals surface area contributed by atoms with Gasteiger partial charge in [0.1, 0.15) is 0 Å². The number of aromatic nitrogens is 4. The monoisotopic (exact) mass is 272 g/mol. The van der Waals surface area contributed by atoms with Crippen molar-refractivity contribution in [1.29, 1.82) is 0 Å². The second kappa shape index (κ2) is 4.92. The predicted octanol–water partition coefficient (Wildman–Crippen LogP) is 0.532. The maximum Gasteiger partial charge on any atom is 0.251 e. The minimum Gasteiger partial charge on any atom is -0.366 e. The normalized spacial score (nSPS) is 18.4. The Morgan fingerprint density at radius 2 is 2.35 bits per heavy atom. The highest BCUT2D eigenvalue weighted by molar-refractivity contribution is 5.92. The molecule has 1 amide bonds. The van der Waals surface area contributed by atoms with Crippen molar-refractivity contribution in [3.63, 3.8) is 0 Å². The molecule has 3 rings (SSSR count). The number of aryl methyl sites for hydroxylation is 1. The first-order valence-corrected chi connectivity index (χ1v) is 6.52. The summed E-state index contributed by atoms with van der Waals surface area (Å²) in [6.45, 7) is 3.61. The fourth-order valence-electron chi connectivity index (χ4n) is 2.39. The summed E-state index contributed by atoms with van der Waals surface area (Å²) in [4.78, 5) is 21.9. The number of hydrogen-bond donors (Lipinski definition) is 1. The van der Waals surface area contributed by atoms with Gasteiger partial charge in [-0.05, 0) is 19.4 Å². The Labute approximate surface area is 116 Å². The van der Waals surface area contributed by atoms with Crippen LogP contribution in [-0.2, 0) is 0 Å². The zero-order valence-electron chi connectivity index (χ0n) is 11.2. The lowest BCUT2D eigenvalue weighted by Crippen LogP contribution is -2.23. The number of amides is 1. The Balaban J connectivity index is 1.74. The minimum absolute atomic E-state index is 0.215. The molecule has 2 N–H and O–H groups in total. The van der Waals surface area contributed by atoms with Gasteiger partial charge in [-0.3, -0.25) is 9.48 Å². The third-order valence-electron chi connectivity index (χ3n) is 3.49. The van der Waals surface area contributed by atoms with E-state index in [-0.39, 0.29) is 6.04 Å². The Hall–Kier alpha value is -2.44. The molecule has 3 heterocycles. The highest BCUT2D eigenvalue weighted by Crippen LogP contribution is 2.24. The molecule has 1 aliphatic heterocycles. The van der Waals surface area contributed by atoms with Crippen molar-refractivity contribution in [3.05, 3.63) is 35.9 Å². The molecule has 2 aromatic rings. The number of primary amides is 1. The summed E-state index contributed by atoms with van der Waals surface area (Å²) in [6.07, 6.45) is 5.92. The van der Waals surface area contributed by atoms with E-state index < -0.39 is 5.91 Å². The molecule has 7 nitrogen and oxygen atoms in total. The van der Waals surface area contributed by atoms with Crippen LogP contribution in [0.4, 0.5) is 5.95 Å². The lowest BCUT2D eigenvalue weighted by molar-refractivity contribution is 0.1000. The summed E-state index contributed by atoms with van der Waals surface area (Å²) in [6, 6.07) is 2.09. The number of carbonyl (C=O) groups is 1. The van der Waals surface area contributed by atoms with E-state index in [9.17, 15) is 4.79 Å². The summed E-state index contributed by atoms with van der Waals surface area (Å²) in [7, 11) is 0. The Kier molecular flexibility index (Phi) is 3.09. The molecule has 7 heteroatoms. The smallest absolute Gasteiger partial charge is 0.251 e. The first-order chi connectivity index (χ1) is 9.63. The highest BCUT2D eigenvalue weighted by atomic mass is 16.1. The molecule has 20 heavy (non-hydrogen) atoms. The summed E-state index contributed by atoms with van der Waals surface area (Å²) < 4.78 is 1.80. The number of carbonyl (C=O) groups excluding carboxylic acids is 1. The summed E-state index contributed by atoms with van der Waals surface area (Å²) >= 11 is 0. The molecular formula is C13H16N6O. The van der Waals surface area contributed by atoms with Gasteiger partial charge in [0.2, 0.25) is 5.95 Å². The quantitative estimate of drug-likeness (QED) is 0.880. The van der Waals surface area contributed by atoms with Crippen molar-refractivity contribution in [2.75, 3.05) is 18.0 Å². The van der Waals surface area contributed by atoms with E-state index in [1.807, 2.05) is 13.0 Å². The predicted molar refractivity (Wildman–Crippen MR) is 73.4 cm³/mol. The van der Waals surface area contributed by atoms with Gasteiger partial charge in [0.25, 0.3) is 5.91 Å². The number of nitrogens with zero attached hydrogens (tertiary/aromatic N) is 5. The van der Waals surface area contributed by atoms with Crippen molar-refractivity contribution in [2.45, 2.75) is 19.4 Å². The first-order valence-electron chi connectivity index (χ1n) is 6.52. The van der Waals surface area contributed by atoms with Gasteiger partial charge in [-0.15, -0.1) is 0 Å². The molecule has 2 aromatic heterocycles. The average molecular weight is 272 g/mol. The van der Waals surface area contributed by atoms with E-state index in [4.69, 9.17) is 5.73 Å². The summed E-state index contributed by atoms with van der Waals surface area (Å²) in [5, 5.41) is 4.21. The summed E-state index contributed by atoms with van der Waals surface area (Å²) in [5.74, 6) is 0.294. The third kappa shape index (κ3) is 2.34. The Morgan fingerprint density at radius 3 is 3.05 bits per heavy atom. The molecule has 1 fully saturated rings. The summed E-state index contributed by atoms with van der Waals surface area (Å²) in [5.41, 5.74) is 6.63. The number of nitrogens with two attached hydrogens (primary N) is 1. The molecule has 0 aromatic carbocycles. The SMILES string of the molecule is Cc1ccnc(N2CCC(n3cc(C(N)=O)cn3)C2)n1. The van der Waals surface area contributed by atoms with Crippen molar-refractivity contribution >= 4 is 11.9 Å². The van der Waals surface area contributed by atoms with Crippen molar-refractivity contribution in [3.8, 4) is 0 Å². The van der Waals surface area contributed by atoms with Crippen LogP contribution in [0.2, 0.25) is 0 Å². The van der Waals surface area contributed by atoms with Crippen LogP contribution in [0.5, 0.6) is 0 Å². The van der Waals surface area contributed by atoms with E-state index in [2.05, 4.69) is 20.0 Å². The van der Waals surface area contributed by atoms with E-state index in [0.717, 1.165) is 31.2 Å². The fourth-order valence-corrected chi connectivity index (χ4v) is 2.39. The maximum absolute atomic E-state index is 11.1. The van der Waals surface area contributed by atoms with Crippen LogP contribution in [0.15, 0.2) is 24.7 Å². The van der Waals surface area contributed by atoms with Crippen molar-refractivity contribution in [2.24, 2.45) is 5.73 Å². The molecule has 0 aliphatic carbocycles. The molecule has 0 bridgehead atoms. The zero-order valence-corrected chi connectivity index (χ0v) is 11.2. The molecule has 0 spiro atoms. The molecule has 0 radical (unpaired) electrons. The van der Waals surface area contributed by atoms with Crippen molar-refractivity contribution < 1.29 is 4.79 Å². The molecular weight excluding hydrogens is 256 g/mol. The van der Waals surface area contributed by atoms with Crippen LogP contribution >= 0.6 is 0 Å².